The first kappa shape index (κ1) is 15.4. The summed E-state index contributed by atoms with van der Waals surface area (Å²) in [5.41, 5.74) is 3.77. The van der Waals surface area contributed by atoms with Crippen molar-refractivity contribution in [3.63, 3.8) is 0 Å². The van der Waals surface area contributed by atoms with E-state index in [-0.39, 0.29) is 5.91 Å². The lowest BCUT2D eigenvalue weighted by molar-refractivity contribution is 0.0733. The third kappa shape index (κ3) is 3.24. The third-order valence-electron chi connectivity index (χ3n) is 4.34. The van der Waals surface area contributed by atoms with Crippen LogP contribution >= 0.6 is 0 Å². The summed E-state index contributed by atoms with van der Waals surface area (Å²) in [5, 5.41) is 0. The van der Waals surface area contributed by atoms with E-state index >= 15 is 0 Å². The Kier molecular flexibility index (Phi) is 4.17. The molecule has 1 aliphatic rings. The number of rotatable bonds is 2. The fourth-order valence-corrected chi connectivity index (χ4v) is 3.04. The van der Waals surface area contributed by atoms with Gasteiger partial charge in [0.15, 0.2) is 0 Å². The number of benzene rings is 2. The van der Waals surface area contributed by atoms with E-state index in [1.54, 1.807) is 12.4 Å². The average molecular weight is 330 g/mol. The molecule has 0 spiro atoms. The van der Waals surface area contributed by atoms with Gasteiger partial charge in [-0.15, -0.1) is 0 Å². The summed E-state index contributed by atoms with van der Waals surface area (Å²) in [7, 11) is 0. The minimum atomic E-state index is 0.0121. The normalized spacial score (nSPS) is 13.5. The Bertz CT molecular complexity index is 893. The van der Waals surface area contributed by atoms with Gasteiger partial charge in [-0.3, -0.25) is 9.78 Å². The summed E-state index contributed by atoms with van der Waals surface area (Å²) in [4.78, 5) is 19.0. The van der Waals surface area contributed by atoms with Crippen LogP contribution in [0.4, 0.5) is 0 Å². The van der Waals surface area contributed by atoms with Gasteiger partial charge < -0.3 is 9.64 Å². The van der Waals surface area contributed by atoms with E-state index in [1.165, 1.54) is 0 Å². The third-order valence-corrected chi connectivity index (χ3v) is 4.34. The average Bonchev–Trinajstić information content (AvgIpc) is 2.90. The van der Waals surface area contributed by atoms with E-state index in [0.29, 0.717) is 25.3 Å². The van der Waals surface area contributed by atoms with Crippen molar-refractivity contribution in [2.24, 2.45) is 0 Å². The van der Waals surface area contributed by atoms with Crippen molar-refractivity contribution in [3.8, 4) is 16.9 Å². The van der Waals surface area contributed by atoms with Gasteiger partial charge in [0.05, 0.1) is 13.1 Å². The molecule has 1 aliphatic heterocycles. The van der Waals surface area contributed by atoms with E-state index in [2.05, 4.69) is 4.98 Å². The van der Waals surface area contributed by atoms with Gasteiger partial charge in [0.2, 0.25) is 0 Å². The van der Waals surface area contributed by atoms with Crippen molar-refractivity contribution in [2.75, 3.05) is 13.2 Å². The summed E-state index contributed by atoms with van der Waals surface area (Å²) in [5.74, 6) is 0.821. The second-order valence-electron chi connectivity index (χ2n) is 6.01. The number of hydrogen-bond acceptors (Lipinski definition) is 3. The van der Waals surface area contributed by atoms with Crippen LogP contribution in [0.5, 0.6) is 5.75 Å². The Morgan fingerprint density at radius 1 is 1.00 bits per heavy atom. The van der Waals surface area contributed by atoms with Crippen LogP contribution in [0.1, 0.15) is 15.9 Å². The molecule has 0 fully saturated rings. The number of pyridine rings is 1. The highest BCUT2D eigenvalue weighted by Crippen LogP contribution is 2.24. The smallest absolute Gasteiger partial charge is 0.254 e. The van der Waals surface area contributed by atoms with Gasteiger partial charge in [0.1, 0.15) is 12.4 Å². The maximum atomic E-state index is 13.0. The van der Waals surface area contributed by atoms with Crippen molar-refractivity contribution in [3.05, 3.63) is 84.2 Å². The molecule has 4 nitrogen and oxygen atoms in total. The maximum Gasteiger partial charge on any atom is 0.254 e. The number of carbonyl (C=O) groups excluding carboxylic acids is 1. The summed E-state index contributed by atoms with van der Waals surface area (Å²) >= 11 is 0. The SMILES string of the molecule is O=C(c1cccc(-c2ccccc2)c1)N1CCOc2ccncc2C1. The Labute approximate surface area is 146 Å². The number of hydrogen-bond donors (Lipinski definition) is 0. The van der Waals surface area contributed by atoms with Crippen LogP contribution in [0.3, 0.4) is 0 Å². The zero-order valence-electron chi connectivity index (χ0n) is 13.8. The van der Waals surface area contributed by atoms with Gasteiger partial charge in [-0.25, -0.2) is 0 Å². The van der Waals surface area contributed by atoms with Crippen molar-refractivity contribution in [2.45, 2.75) is 6.54 Å². The topological polar surface area (TPSA) is 42.4 Å². The van der Waals surface area contributed by atoms with Gasteiger partial charge in [-0.05, 0) is 29.3 Å². The zero-order chi connectivity index (χ0) is 17.1. The maximum absolute atomic E-state index is 13.0. The predicted molar refractivity (Wildman–Crippen MR) is 96.4 cm³/mol. The fraction of sp³-hybridized carbons (Fsp3) is 0.143. The largest absolute Gasteiger partial charge is 0.491 e. The van der Waals surface area contributed by atoms with Gasteiger partial charge in [-0.2, -0.15) is 0 Å². The number of ether oxygens (including phenoxy) is 1. The minimum Gasteiger partial charge on any atom is -0.491 e. The quantitative estimate of drug-likeness (QED) is 0.718. The summed E-state index contributed by atoms with van der Waals surface area (Å²) < 4.78 is 5.72. The molecule has 4 rings (SSSR count). The zero-order valence-corrected chi connectivity index (χ0v) is 13.8. The molecule has 0 radical (unpaired) electrons. The van der Waals surface area contributed by atoms with E-state index in [4.69, 9.17) is 4.74 Å². The van der Waals surface area contributed by atoms with Crippen LogP contribution in [-0.2, 0) is 6.54 Å². The van der Waals surface area contributed by atoms with E-state index in [9.17, 15) is 4.79 Å². The lowest BCUT2D eigenvalue weighted by Gasteiger charge is -2.20. The standard InChI is InChI=1S/C21H18N2O2/c24-21(23-11-12-25-20-9-10-22-14-19(20)15-23)18-8-4-7-17(13-18)16-5-2-1-3-6-16/h1-10,13-14H,11-12,15H2. The molecule has 1 aromatic heterocycles. The molecule has 0 N–H and O–H groups in total. The molecule has 0 aliphatic carbocycles. The first-order valence-electron chi connectivity index (χ1n) is 8.32. The first-order valence-corrected chi connectivity index (χ1v) is 8.32. The van der Waals surface area contributed by atoms with Crippen molar-refractivity contribution < 1.29 is 9.53 Å². The molecule has 0 bridgehead atoms. The molecule has 0 unspecified atom stereocenters. The molecular weight excluding hydrogens is 312 g/mol. The molecule has 2 heterocycles. The van der Waals surface area contributed by atoms with E-state index in [1.807, 2.05) is 65.6 Å². The number of nitrogens with zero attached hydrogens (tertiary/aromatic N) is 2. The fourth-order valence-electron chi connectivity index (χ4n) is 3.04. The van der Waals surface area contributed by atoms with Crippen molar-refractivity contribution >= 4 is 5.91 Å². The molecule has 3 aromatic rings. The first-order chi connectivity index (χ1) is 12.3. The second-order valence-corrected chi connectivity index (χ2v) is 6.01. The molecule has 2 aromatic carbocycles. The highest BCUT2D eigenvalue weighted by atomic mass is 16.5. The van der Waals surface area contributed by atoms with Crippen LogP contribution in [0, 0.1) is 0 Å². The van der Waals surface area contributed by atoms with E-state index < -0.39 is 0 Å². The highest BCUT2D eigenvalue weighted by molar-refractivity contribution is 5.95. The number of aromatic nitrogens is 1. The minimum absolute atomic E-state index is 0.0121. The summed E-state index contributed by atoms with van der Waals surface area (Å²) in [6.07, 6.45) is 3.47. The Balaban J connectivity index is 1.61. The lowest BCUT2D eigenvalue weighted by atomic mass is 10.0. The molecule has 1 amide bonds. The number of fused-ring (bicyclic) bond motifs is 1. The van der Waals surface area contributed by atoms with Crippen LogP contribution in [-0.4, -0.2) is 28.9 Å². The molecular formula is C21H18N2O2. The van der Waals surface area contributed by atoms with Gasteiger partial charge >= 0.3 is 0 Å². The Morgan fingerprint density at radius 2 is 1.84 bits per heavy atom. The van der Waals surface area contributed by atoms with Gasteiger partial charge in [0, 0.05) is 23.5 Å². The van der Waals surface area contributed by atoms with Crippen molar-refractivity contribution in [1.29, 1.82) is 0 Å². The summed E-state index contributed by atoms with van der Waals surface area (Å²) in [6, 6.07) is 19.7. The van der Waals surface area contributed by atoms with Crippen LogP contribution in [0.2, 0.25) is 0 Å². The molecule has 0 atom stereocenters. The van der Waals surface area contributed by atoms with Gasteiger partial charge in [-0.1, -0.05) is 42.5 Å². The van der Waals surface area contributed by atoms with Gasteiger partial charge in [0.25, 0.3) is 5.91 Å². The Hall–Kier alpha value is -3.14. The molecule has 0 saturated carbocycles. The van der Waals surface area contributed by atoms with E-state index in [0.717, 1.165) is 22.4 Å². The lowest BCUT2D eigenvalue weighted by Crippen LogP contribution is -2.32. The Morgan fingerprint density at radius 3 is 2.72 bits per heavy atom. The molecule has 124 valence electrons. The van der Waals surface area contributed by atoms with Crippen LogP contribution in [0.15, 0.2) is 73.1 Å². The van der Waals surface area contributed by atoms with Crippen LogP contribution in [0.25, 0.3) is 11.1 Å². The summed E-state index contributed by atoms with van der Waals surface area (Å²) in [6.45, 7) is 1.56. The number of carbonyl (C=O) groups is 1. The molecule has 25 heavy (non-hydrogen) atoms. The number of amides is 1. The predicted octanol–water partition coefficient (Wildman–Crippen LogP) is 3.78. The highest BCUT2D eigenvalue weighted by Gasteiger charge is 2.21. The second kappa shape index (κ2) is 6.77. The van der Waals surface area contributed by atoms with Crippen LogP contribution < -0.4 is 4.74 Å². The van der Waals surface area contributed by atoms with Crippen molar-refractivity contribution in [1.82, 2.24) is 9.88 Å². The molecule has 4 heteroatoms. The molecule has 0 saturated heterocycles. The monoisotopic (exact) mass is 330 g/mol.